The highest BCUT2D eigenvalue weighted by Gasteiger charge is 2.22. The fourth-order valence-corrected chi connectivity index (χ4v) is 2.12. The van der Waals surface area contributed by atoms with Crippen LogP contribution in [0.25, 0.3) is 0 Å². The van der Waals surface area contributed by atoms with Gasteiger partial charge in [0.15, 0.2) is 0 Å². The number of nitrogens with zero attached hydrogens (tertiary/aromatic N) is 2. The second kappa shape index (κ2) is 7.13. The van der Waals surface area contributed by atoms with Gasteiger partial charge in [0.05, 0.1) is 6.61 Å². The van der Waals surface area contributed by atoms with Gasteiger partial charge < -0.3 is 9.84 Å². The molecular formula is C8H20N2O4S. The second-order valence-corrected chi connectivity index (χ2v) is 5.36. The summed E-state index contributed by atoms with van der Waals surface area (Å²) in [5.74, 6) is 0. The molecule has 0 unspecified atom stereocenters. The molecule has 0 aromatic carbocycles. The molecule has 0 spiro atoms. The molecule has 0 rings (SSSR count). The van der Waals surface area contributed by atoms with Gasteiger partial charge in [-0.25, -0.2) is 0 Å². The van der Waals surface area contributed by atoms with Crippen molar-refractivity contribution in [3.8, 4) is 0 Å². The first-order valence-corrected chi connectivity index (χ1v) is 6.14. The van der Waals surface area contributed by atoms with E-state index in [2.05, 4.69) is 0 Å². The van der Waals surface area contributed by atoms with E-state index in [9.17, 15) is 8.42 Å². The van der Waals surface area contributed by atoms with Gasteiger partial charge in [-0.1, -0.05) is 0 Å². The number of hydrogen-bond donors (Lipinski definition) is 1. The highest BCUT2D eigenvalue weighted by molar-refractivity contribution is 7.86. The number of ether oxygens (including phenoxy) is 1. The van der Waals surface area contributed by atoms with Crippen molar-refractivity contribution in [2.24, 2.45) is 0 Å². The molecule has 92 valence electrons. The van der Waals surface area contributed by atoms with Gasteiger partial charge in [0.25, 0.3) is 10.2 Å². The van der Waals surface area contributed by atoms with Gasteiger partial charge in [-0.05, 0) is 6.42 Å². The fraction of sp³-hybridized carbons (Fsp3) is 1.00. The van der Waals surface area contributed by atoms with Crippen LogP contribution >= 0.6 is 0 Å². The molecule has 0 radical (unpaired) electrons. The van der Waals surface area contributed by atoms with Crippen LogP contribution in [0.5, 0.6) is 0 Å². The fourth-order valence-electron chi connectivity index (χ4n) is 0.982. The van der Waals surface area contributed by atoms with E-state index in [1.807, 2.05) is 0 Å². The predicted octanol–water partition coefficient (Wildman–Crippen LogP) is -0.876. The number of likely N-dealkylation sites (N-methyl/N-ethyl adjacent to an activating group) is 1. The van der Waals surface area contributed by atoms with Crippen molar-refractivity contribution in [2.45, 2.75) is 6.42 Å². The Bertz CT molecular complexity index is 235. The van der Waals surface area contributed by atoms with Gasteiger partial charge in [0.2, 0.25) is 0 Å². The summed E-state index contributed by atoms with van der Waals surface area (Å²) in [5, 5.41) is 8.61. The maximum absolute atomic E-state index is 11.8. The molecule has 0 saturated carbocycles. The first-order valence-electron chi connectivity index (χ1n) is 4.74. The molecular weight excluding hydrogens is 220 g/mol. The van der Waals surface area contributed by atoms with Crippen molar-refractivity contribution in [3.05, 3.63) is 0 Å². The van der Waals surface area contributed by atoms with E-state index in [0.717, 1.165) is 0 Å². The van der Waals surface area contributed by atoms with E-state index in [1.54, 1.807) is 0 Å². The summed E-state index contributed by atoms with van der Waals surface area (Å²) in [5.41, 5.74) is 0. The van der Waals surface area contributed by atoms with Crippen LogP contribution in [0.4, 0.5) is 0 Å². The molecule has 7 heteroatoms. The van der Waals surface area contributed by atoms with Crippen molar-refractivity contribution in [3.63, 3.8) is 0 Å². The Labute approximate surface area is 91.6 Å². The zero-order valence-corrected chi connectivity index (χ0v) is 10.3. The minimum atomic E-state index is -3.41. The van der Waals surface area contributed by atoms with Gasteiger partial charge in [-0.2, -0.15) is 17.0 Å². The lowest BCUT2D eigenvalue weighted by atomic mass is 10.5. The molecule has 0 heterocycles. The van der Waals surface area contributed by atoms with Gasteiger partial charge >= 0.3 is 0 Å². The zero-order chi connectivity index (χ0) is 11.9. The summed E-state index contributed by atoms with van der Waals surface area (Å²) in [6.45, 7) is 0.990. The molecule has 0 aliphatic carbocycles. The molecule has 0 aliphatic heterocycles. The third-order valence-electron chi connectivity index (χ3n) is 2.03. The summed E-state index contributed by atoms with van der Waals surface area (Å²) in [6.07, 6.45) is 0.438. The van der Waals surface area contributed by atoms with Crippen LogP contribution in [0.15, 0.2) is 0 Å². The van der Waals surface area contributed by atoms with E-state index in [1.165, 1.54) is 29.8 Å². The monoisotopic (exact) mass is 240 g/mol. The lowest BCUT2D eigenvalue weighted by Crippen LogP contribution is -2.41. The highest BCUT2D eigenvalue weighted by atomic mass is 32.2. The first-order chi connectivity index (χ1) is 6.96. The molecule has 15 heavy (non-hydrogen) atoms. The lowest BCUT2D eigenvalue weighted by Gasteiger charge is -2.23. The van der Waals surface area contributed by atoms with Crippen LogP contribution in [-0.4, -0.2) is 69.6 Å². The Morgan fingerprint density at radius 3 is 2.20 bits per heavy atom. The SMILES string of the molecule is COCCN(C)S(=O)(=O)N(C)CCCO. The standard InChI is InChI=1S/C8H20N2O4S/c1-9(5-4-7-11)15(12,13)10(2)6-8-14-3/h11H,4-8H2,1-3H3. The summed E-state index contributed by atoms with van der Waals surface area (Å²) in [7, 11) is 1.11. The second-order valence-electron chi connectivity index (χ2n) is 3.22. The van der Waals surface area contributed by atoms with Crippen molar-refractivity contribution in [1.82, 2.24) is 8.61 Å². The summed E-state index contributed by atoms with van der Waals surface area (Å²) in [4.78, 5) is 0. The predicted molar refractivity (Wildman–Crippen MR) is 57.8 cm³/mol. The van der Waals surface area contributed by atoms with Crippen LogP contribution in [0.3, 0.4) is 0 Å². The van der Waals surface area contributed by atoms with Crippen molar-refractivity contribution < 1.29 is 18.3 Å². The normalized spacial score (nSPS) is 12.7. The number of aliphatic hydroxyl groups excluding tert-OH is 1. The molecule has 0 fully saturated rings. The minimum Gasteiger partial charge on any atom is -0.396 e. The summed E-state index contributed by atoms with van der Waals surface area (Å²) in [6, 6.07) is 0. The number of hydrogen-bond acceptors (Lipinski definition) is 4. The van der Waals surface area contributed by atoms with Crippen molar-refractivity contribution in [1.29, 1.82) is 0 Å². The lowest BCUT2D eigenvalue weighted by molar-refractivity contribution is 0.182. The van der Waals surface area contributed by atoms with Crippen molar-refractivity contribution >= 4 is 10.2 Å². The average molecular weight is 240 g/mol. The molecule has 0 aromatic rings. The quantitative estimate of drug-likeness (QED) is 0.598. The smallest absolute Gasteiger partial charge is 0.281 e. The third kappa shape index (κ3) is 4.89. The summed E-state index contributed by atoms with van der Waals surface area (Å²) < 4.78 is 30.8. The molecule has 1 N–H and O–H groups in total. The van der Waals surface area contributed by atoms with Crippen LogP contribution in [-0.2, 0) is 14.9 Å². The third-order valence-corrected chi connectivity index (χ3v) is 3.97. The molecule has 6 nitrogen and oxygen atoms in total. The topological polar surface area (TPSA) is 70.1 Å². The van der Waals surface area contributed by atoms with Crippen LogP contribution in [0.1, 0.15) is 6.42 Å². The maximum Gasteiger partial charge on any atom is 0.281 e. The van der Waals surface area contributed by atoms with Crippen LogP contribution in [0.2, 0.25) is 0 Å². The molecule has 0 bridgehead atoms. The molecule has 0 aromatic heterocycles. The Kier molecular flexibility index (Phi) is 7.03. The highest BCUT2D eigenvalue weighted by Crippen LogP contribution is 2.03. The Hall–Kier alpha value is -0.210. The Balaban J connectivity index is 4.25. The molecule has 0 aliphatic rings. The first kappa shape index (κ1) is 14.8. The van der Waals surface area contributed by atoms with Gasteiger partial charge in [-0.15, -0.1) is 0 Å². The van der Waals surface area contributed by atoms with E-state index in [0.29, 0.717) is 26.1 Å². The number of aliphatic hydroxyl groups is 1. The van der Waals surface area contributed by atoms with Crippen LogP contribution < -0.4 is 0 Å². The van der Waals surface area contributed by atoms with Crippen molar-refractivity contribution in [2.75, 3.05) is 47.5 Å². The minimum absolute atomic E-state index is 0.0123. The van der Waals surface area contributed by atoms with Gasteiger partial charge in [-0.3, -0.25) is 0 Å². The Morgan fingerprint density at radius 1 is 1.20 bits per heavy atom. The zero-order valence-electron chi connectivity index (χ0n) is 9.51. The van der Waals surface area contributed by atoms with Gasteiger partial charge in [0, 0.05) is 40.9 Å². The number of rotatable bonds is 8. The van der Waals surface area contributed by atoms with E-state index in [4.69, 9.17) is 9.84 Å². The molecule has 0 amide bonds. The molecule has 0 atom stereocenters. The maximum atomic E-state index is 11.8. The summed E-state index contributed by atoms with van der Waals surface area (Å²) >= 11 is 0. The molecule has 0 saturated heterocycles. The van der Waals surface area contributed by atoms with E-state index in [-0.39, 0.29) is 6.61 Å². The Morgan fingerprint density at radius 2 is 1.73 bits per heavy atom. The van der Waals surface area contributed by atoms with Gasteiger partial charge in [0.1, 0.15) is 0 Å². The van der Waals surface area contributed by atoms with E-state index >= 15 is 0 Å². The largest absolute Gasteiger partial charge is 0.396 e. The number of methoxy groups -OCH3 is 1. The average Bonchev–Trinajstić information content (AvgIpc) is 2.21. The van der Waals surface area contributed by atoms with E-state index < -0.39 is 10.2 Å². The van der Waals surface area contributed by atoms with Crippen LogP contribution in [0, 0.1) is 0 Å².